The third kappa shape index (κ3) is 6.72. The Morgan fingerprint density at radius 3 is 2.42 bits per heavy atom. The molecule has 3 aliphatic carbocycles. The lowest BCUT2D eigenvalue weighted by atomic mass is 9.79. The van der Waals surface area contributed by atoms with Crippen molar-refractivity contribution >= 4 is 22.8 Å². The molecule has 0 aliphatic heterocycles. The lowest BCUT2D eigenvalue weighted by Crippen LogP contribution is -2.39. The minimum absolute atomic E-state index is 0.0399. The molecule has 0 saturated heterocycles. The van der Waals surface area contributed by atoms with Gasteiger partial charge in [-0.1, -0.05) is 6.07 Å². The van der Waals surface area contributed by atoms with Crippen molar-refractivity contribution in [2.24, 2.45) is 17.8 Å². The van der Waals surface area contributed by atoms with E-state index in [9.17, 15) is 27.2 Å². The fraction of sp³-hybridized carbons (Fsp3) is 0.613. The molecular weight excluding hydrogens is 564 g/mol. The molecule has 3 aliphatic rings. The van der Waals surface area contributed by atoms with Gasteiger partial charge in [0.1, 0.15) is 11.5 Å². The largest absolute Gasteiger partial charge is 0.349 e. The number of alkyl halides is 4. The number of nitrogens with zero attached hydrogens (tertiary/aromatic N) is 3. The van der Waals surface area contributed by atoms with E-state index in [-0.39, 0.29) is 73.8 Å². The zero-order valence-electron chi connectivity index (χ0n) is 24.4. The quantitative estimate of drug-likeness (QED) is 0.214. The third-order valence-electron chi connectivity index (χ3n) is 9.04. The molecule has 6 rings (SSSR count). The first-order valence-corrected chi connectivity index (χ1v) is 15.2. The van der Waals surface area contributed by atoms with Gasteiger partial charge in [0, 0.05) is 44.3 Å². The van der Waals surface area contributed by atoms with Crippen molar-refractivity contribution in [3.63, 3.8) is 0 Å². The fourth-order valence-corrected chi connectivity index (χ4v) is 6.69. The summed E-state index contributed by atoms with van der Waals surface area (Å²) in [6, 6.07) is 6.39. The maximum Gasteiger partial charge on any atom is 0.270 e. The Bertz CT molecular complexity index is 1490. The number of hydrogen-bond acceptors (Lipinski definition) is 4. The normalized spacial score (nSPS) is 22.8. The number of aromatic nitrogens is 4. The minimum Gasteiger partial charge on any atom is -0.349 e. The molecule has 3 N–H and O–H groups in total. The van der Waals surface area contributed by atoms with Gasteiger partial charge in [-0.15, -0.1) is 0 Å². The number of amides is 2. The molecule has 232 valence electrons. The van der Waals surface area contributed by atoms with Gasteiger partial charge in [0.15, 0.2) is 0 Å². The molecule has 0 spiro atoms. The van der Waals surface area contributed by atoms with Gasteiger partial charge >= 0.3 is 0 Å². The monoisotopic (exact) mass is 602 g/mol. The van der Waals surface area contributed by atoms with E-state index in [0.29, 0.717) is 35.4 Å². The maximum atomic E-state index is 14.1. The number of imidazole rings is 1. The molecule has 2 aromatic heterocycles. The van der Waals surface area contributed by atoms with Gasteiger partial charge in [0.25, 0.3) is 5.91 Å². The van der Waals surface area contributed by atoms with E-state index < -0.39 is 17.9 Å². The van der Waals surface area contributed by atoms with Crippen LogP contribution in [0.5, 0.6) is 0 Å². The molecule has 2 heterocycles. The highest BCUT2D eigenvalue weighted by Crippen LogP contribution is 2.46. The van der Waals surface area contributed by atoms with Crippen molar-refractivity contribution in [1.82, 2.24) is 30.4 Å². The summed E-state index contributed by atoms with van der Waals surface area (Å²) in [5.74, 6) is -5.77. The van der Waals surface area contributed by atoms with Gasteiger partial charge in [-0.3, -0.25) is 14.3 Å². The van der Waals surface area contributed by atoms with E-state index in [1.807, 2.05) is 32.0 Å². The number of carbonyl (C=O) groups is 2. The van der Waals surface area contributed by atoms with Crippen molar-refractivity contribution in [1.29, 1.82) is 0 Å². The molecule has 1 aromatic carbocycles. The van der Waals surface area contributed by atoms with Gasteiger partial charge in [-0.2, -0.15) is 5.10 Å². The molecule has 2 amide bonds. The van der Waals surface area contributed by atoms with Crippen LogP contribution in [0, 0.1) is 17.8 Å². The van der Waals surface area contributed by atoms with Crippen LogP contribution in [-0.2, 0) is 4.79 Å². The Balaban J connectivity index is 1.22. The predicted molar refractivity (Wildman–Crippen MR) is 152 cm³/mol. The van der Waals surface area contributed by atoms with Crippen LogP contribution in [0.25, 0.3) is 11.0 Å². The van der Waals surface area contributed by atoms with Gasteiger partial charge < -0.3 is 15.6 Å². The SMILES string of the molecule is CC(C)n1nccc1C(=O)NC(C[C@H]1CCC(F)(F)C1)c1nc2ccc(C(NC(=O)CC3CC(F)(F)C3)C3CC3)cc2[nH]1. The lowest BCUT2D eigenvalue weighted by molar-refractivity contribution is -0.134. The van der Waals surface area contributed by atoms with Crippen molar-refractivity contribution < 1.29 is 27.2 Å². The molecule has 3 aromatic rings. The highest BCUT2D eigenvalue weighted by atomic mass is 19.3. The van der Waals surface area contributed by atoms with Crippen LogP contribution in [0.3, 0.4) is 0 Å². The molecule has 0 bridgehead atoms. The molecule has 3 fully saturated rings. The molecule has 2 unspecified atom stereocenters. The minimum atomic E-state index is -2.71. The fourth-order valence-electron chi connectivity index (χ4n) is 6.69. The number of halogens is 4. The third-order valence-corrected chi connectivity index (χ3v) is 9.04. The van der Waals surface area contributed by atoms with Crippen LogP contribution in [0.2, 0.25) is 0 Å². The summed E-state index contributed by atoms with van der Waals surface area (Å²) in [7, 11) is 0. The summed E-state index contributed by atoms with van der Waals surface area (Å²) in [5, 5.41) is 10.3. The summed E-state index contributed by atoms with van der Waals surface area (Å²) < 4.78 is 56.2. The van der Waals surface area contributed by atoms with Gasteiger partial charge in [0.2, 0.25) is 17.8 Å². The number of benzene rings is 1. The maximum absolute atomic E-state index is 14.1. The van der Waals surface area contributed by atoms with E-state index >= 15 is 0 Å². The molecule has 43 heavy (non-hydrogen) atoms. The number of carbonyl (C=O) groups excluding carboxylic acids is 2. The number of H-pyrrole nitrogens is 1. The Morgan fingerprint density at radius 2 is 1.77 bits per heavy atom. The zero-order valence-corrected chi connectivity index (χ0v) is 24.4. The second kappa shape index (κ2) is 11.2. The standard InChI is InChI=1S/C31H38F4N6O2/c1-17(2)41-25(8-10-36-41)29(43)39-24(11-18-7-9-30(32,33)14-18)28-37-22-6-5-21(13-23(22)38-28)27(20-3-4-20)40-26(42)12-19-15-31(34,35)16-19/h5-6,8,10,13,17-20,24,27H,3-4,7,9,11-12,14-16H2,1-2H3,(H,37,38)(H,39,43)(H,40,42)/t18-,24?,27?/m1/s1. The van der Waals surface area contributed by atoms with Crippen LogP contribution in [0.1, 0.15) is 112 Å². The van der Waals surface area contributed by atoms with Crippen molar-refractivity contribution in [2.75, 3.05) is 0 Å². The summed E-state index contributed by atoms with van der Waals surface area (Å²) in [5.41, 5.74) is 2.62. The van der Waals surface area contributed by atoms with E-state index in [0.717, 1.165) is 18.4 Å². The second-order valence-electron chi connectivity index (χ2n) is 13.1. The van der Waals surface area contributed by atoms with Crippen LogP contribution >= 0.6 is 0 Å². The van der Waals surface area contributed by atoms with Gasteiger partial charge in [-0.25, -0.2) is 22.5 Å². The average Bonchev–Trinajstić information content (AvgIpc) is 3.31. The average molecular weight is 603 g/mol. The van der Waals surface area contributed by atoms with Crippen molar-refractivity contribution in [3.05, 3.63) is 47.5 Å². The molecule has 0 radical (unpaired) electrons. The van der Waals surface area contributed by atoms with Crippen molar-refractivity contribution in [3.8, 4) is 0 Å². The molecular formula is C31H38F4N6O2. The van der Waals surface area contributed by atoms with Gasteiger partial charge in [0.05, 0.1) is 23.1 Å². The Morgan fingerprint density at radius 1 is 1.02 bits per heavy atom. The topological polar surface area (TPSA) is 105 Å². The van der Waals surface area contributed by atoms with Crippen LogP contribution in [0.4, 0.5) is 17.6 Å². The zero-order chi connectivity index (χ0) is 30.5. The van der Waals surface area contributed by atoms with Crippen LogP contribution in [-0.4, -0.2) is 43.4 Å². The molecule has 3 atom stereocenters. The smallest absolute Gasteiger partial charge is 0.270 e. The van der Waals surface area contributed by atoms with E-state index in [1.54, 1.807) is 16.9 Å². The Kier molecular flexibility index (Phi) is 7.75. The number of aromatic amines is 1. The van der Waals surface area contributed by atoms with Crippen LogP contribution < -0.4 is 10.6 Å². The predicted octanol–water partition coefficient (Wildman–Crippen LogP) is 6.64. The highest BCUT2D eigenvalue weighted by Gasteiger charge is 2.46. The number of rotatable bonds is 11. The number of hydrogen-bond donors (Lipinski definition) is 3. The number of nitrogens with one attached hydrogen (secondary N) is 3. The summed E-state index contributed by atoms with van der Waals surface area (Å²) in [4.78, 5) is 34.1. The number of fused-ring (bicyclic) bond motifs is 1. The summed E-state index contributed by atoms with van der Waals surface area (Å²) >= 11 is 0. The van der Waals surface area contributed by atoms with Crippen molar-refractivity contribution in [2.45, 2.75) is 102 Å². The highest BCUT2D eigenvalue weighted by molar-refractivity contribution is 5.92. The molecule has 8 nitrogen and oxygen atoms in total. The second-order valence-corrected chi connectivity index (χ2v) is 13.1. The first-order chi connectivity index (χ1) is 20.4. The van der Waals surface area contributed by atoms with E-state index in [1.165, 1.54) is 0 Å². The lowest BCUT2D eigenvalue weighted by Gasteiger charge is -2.34. The Labute approximate surface area is 247 Å². The van der Waals surface area contributed by atoms with E-state index in [2.05, 4.69) is 20.7 Å². The Hall–Kier alpha value is -3.44. The first kappa shape index (κ1) is 29.6. The first-order valence-electron chi connectivity index (χ1n) is 15.2. The summed E-state index contributed by atoms with van der Waals surface area (Å²) in [6.45, 7) is 3.84. The summed E-state index contributed by atoms with van der Waals surface area (Å²) in [6.07, 6.45) is 3.37. The molecule has 12 heteroatoms. The van der Waals surface area contributed by atoms with E-state index in [4.69, 9.17) is 4.98 Å². The molecule has 3 saturated carbocycles. The van der Waals surface area contributed by atoms with Gasteiger partial charge in [-0.05, 0) is 81.0 Å². The van der Waals surface area contributed by atoms with Crippen LogP contribution in [0.15, 0.2) is 30.5 Å².